The van der Waals surface area contributed by atoms with Crippen molar-refractivity contribution in [3.05, 3.63) is 83.8 Å². The van der Waals surface area contributed by atoms with E-state index in [1.54, 1.807) is 48.5 Å². The highest BCUT2D eigenvalue weighted by Crippen LogP contribution is 2.39. The molecule has 0 spiro atoms. The summed E-state index contributed by atoms with van der Waals surface area (Å²) in [5, 5.41) is 17.1. The Bertz CT molecular complexity index is 1030. The number of hydrogen-bond acceptors (Lipinski definition) is 4. The maximum atomic E-state index is 13.2. The third-order valence-corrected chi connectivity index (χ3v) is 4.99. The van der Waals surface area contributed by atoms with Gasteiger partial charge in [-0.05, 0) is 42.3 Å². The number of carbonyl (C=O) groups is 2. The van der Waals surface area contributed by atoms with Crippen LogP contribution < -0.4 is 15.5 Å². The first kappa shape index (κ1) is 18.8. The molecule has 1 aliphatic rings. The summed E-state index contributed by atoms with van der Waals surface area (Å²) < 4.78 is 5.24. The molecule has 7 heteroatoms. The number of urea groups is 1. The van der Waals surface area contributed by atoms with Gasteiger partial charge in [0, 0.05) is 11.3 Å². The van der Waals surface area contributed by atoms with Crippen LogP contribution in [0.25, 0.3) is 0 Å². The second-order valence-electron chi connectivity index (χ2n) is 6.77. The van der Waals surface area contributed by atoms with E-state index in [4.69, 9.17) is 4.42 Å². The maximum Gasteiger partial charge on any atom is 0.329 e. The number of fused-ring (bicyclic) bond motifs is 1. The van der Waals surface area contributed by atoms with Gasteiger partial charge in [0.15, 0.2) is 0 Å². The highest BCUT2D eigenvalue weighted by Gasteiger charge is 2.51. The molecule has 4 rings (SSSR count). The Morgan fingerprint density at radius 1 is 1.14 bits per heavy atom. The van der Waals surface area contributed by atoms with E-state index in [1.165, 1.54) is 6.26 Å². The largest absolute Gasteiger partial charge is 0.467 e. The topological polar surface area (TPSA) is 94.8 Å². The highest BCUT2D eigenvalue weighted by atomic mass is 16.3. The van der Waals surface area contributed by atoms with Crippen LogP contribution in [0.4, 0.5) is 16.2 Å². The zero-order valence-electron chi connectivity index (χ0n) is 15.9. The molecule has 3 N–H and O–H groups in total. The Kier molecular flexibility index (Phi) is 4.82. The van der Waals surface area contributed by atoms with E-state index in [-0.39, 0.29) is 12.1 Å². The predicted octanol–water partition coefficient (Wildman–Crippen LogP) is 3.36. The molecule has 0 aliphatic carbocycles. The van der Waals surface area contributed by atoms with Gasteiger partial charge in [0.1, 0.15) is 5.76 Å². The molecule has 0 bridgehead atoms. The summed E-state index contributed by atoms with van der Waals surface area (Å²) in [5.41, 5.74) is -0.0629. The van der Waals surface area contributed by atoms with Crippen LogP contribution in [0.15, 0.2) is 71.3 Å². The summed E-state index contributed by atoms with van der Waals surface area (Å²) in [6, 6.07) is 16.7. The SMILES string of the molecule is CCc1ccc(N2C(=O)Nc3ccccc3C2(O)C(=O)NCc2ccco2)cc1. The monoisotopic (exact) mass is 391 g/mol. The van der Waals surface area contributed by atoms with Gasteiger partial charge in [0.2, 0.25) is 0 Å². The average molecular weight is 391 g/mol. The van der Waals surface area contributed by atoms with E-state index in [0.29, 0.717) is 17.1 Å². The number of carbonyl (C=O) groups excluding carboxylic acids is 2. The maximum absolute atomic E-state index is 13.2. The zero-order chi connectivity index (χ0) is 20.4. The number of aliphatic hydroxyl groups is 1. The van der Waals surface area contributed by atoms with Crippen molar-refractivity contribution < 1.29 is 19.1 Å². The van der Waals surface area contributed by atoms with Crippen molar-refractivity contribution in [2.45, 2.75) is 25.6 Å². The van der Waals surface area contributed by atoms with Crippen LogP contribution in [0.2, 0.25) is 0 Å². The fourth-order valence-corrected chi connectivity index (χ4v) is 3.45. The normalized spacial score (nSPS) is 18.1. The van der Waals surface area contributed by atoms with E-state index < -0.39 is 17.7 Å². The highest BCUT2D eigenvalue weighted by molar-refractivity contribution is 6.11. The number of para-hydroxylation sites is 1. The Morgan fingerprint density at radius 2 is 1.90 bits per heavy atom. The Hall–Kier alpha value is -3.58. The standard InChI is InChI=1S/C22H21N3O4/c1-2-15-9-11-16(12-10-15)25-21(27)24-19-8-4-3-7-18(19)22(25,28)20(26)23-14-17-6-5-13-29-17/h3-13,28H,2,14H2,1H3,(H,23,26)(H,24,27). The number of amides is 3. The molecule has 7 nitrogen and oxygen atoms in total. The van der Waals surface area contributed by atoms with Crippen molar-refractivity contribution in [3.8, 4) is 0 Å². The Morgan fingerprint density at radius 3 is 2.59 bits per heavy atom. The van der Waals surface area contributed by atoms with E-state index in [0.717, 1.165) is 16.9 Å². The summed E-state index contributed by atoms with van der Waals surface area (Å²) in [7, 11) is 0. The van der Waals surface area contributed by atoms with Crippen LogP contribution in [-0.4, -0.2) is 17.0 Å². The first-order valence-corrected chi connectivity index (χ1v) is 9.36. The third-order valence-electron chi connectivity index (χ3n) is 4.99. The van der Waals surface area contributed by atoms with Gasteiger partial charge >= 0.3 is 6.03 Å². The van der Waals surface area contributed by atoms with Crippen molar-refractivity contribution in [2.24, 2.45) is 0 Å². The Labute approximate surface area is 168 Å². The average Bonchev–Trinajstić information content (AvgIpc) is 3.26. The van der Waals surface area contributed by atoms with Gasteiger partial charge in [0.05, 0.1) is 18.5 Å². The van der Waals surface area contributed by atoms with Crippen LogP contribution in [0, 0.1) is 0 Å². The molecular formula is C22H21N3O4. The minimum atomic E-state index is -2.22. The Balaban J connectivity index is 1.77. The second-order valence-corrected chi connectivity index (χ2v) is 6.77. The van der Waals surface area contributed by atoms with Gasteiger partial charge in [-0.15, -0.1) is 0 Å². The number of rotatable bonds is 5. The smallest absolute Gasteiger partial charge is 0.329 e. The van der Waals surface area contributed by atoms with Crippen LogP contribution in [0.5, 0.6) is 0 Å². The number of nitrogens with zero attached hydrogens (tertiary/aromatic N) is 1. The molecule has 0 saturated heterocycles. The summed E-state index contributed by atoms with van der Waals surface area (Å²) in [6.07, 6.45) is 2.34. The van der Waals surface area contributed by atoms with Crippen LogP contribution >= 0.6 is 0 Å². The summed E-state index contributed by atoms with van der Waals surface area (Å²) in [4.78, 5) is 27.2. The lowest BCUT2D eigenvalue weighted by atomic mass is 9.94. The molecular weight excluding hydrogens is 370 g/mol. The molecule has 1 aliphatic heterocycles. The number of aryl methyl sites for hydroxylation is 1. The lowest BCUT2D eigenvalue weighted by Crippen LogP contribution is -2.62. The zero-order valence-corrected chi connectivity index (χ0v) is 15.9. The molecule has 29 heavy (non-hydrogen) atoms. The lowest BCUT2D eigenvalue weighted by Gasteiger charge is -2.42. The molecule has 0 saturated carbocycles. The van der Waals surface area contributed by atoms with E-state index in [1.807, 2.05) is 19.1 Å². The van der Waals surface area contributed by atoms with E-state index in [9.17, 15) is 14.7 Å². The minimum Gasteiger partial charge on any atom is -0.467 e. The fourth-order valence-electron chi connectivity index (χ4n) is 3.45. The lowest BCUT2D eigenvalue weighted by molar-refractivity contribution is -0.140. The molecule has 3 aromatic rings. The molecule has 0 radical (unpaired) electrons. The van der Waals surface area contributed by atoms with Crippen molar-refractivity contribution in [3.63, 3.8) is 0 Å². The molecule has 148 valence electrons. The van der Waals surface area contributed by atoms with Gasteiger partial charge in [-0.25, -0.2) is 4.79 Å². The van der Waals surface area contributed by atoms with Gasteiger partial charge in [0.25, 0.3) is 11.6 Å². The summed E-state index contributed by atoms with van der Waals surface area (Å²) in [5.74, 6) is -0.190. The second kappa shape index (κ2) is 7.44. The predicted molar refractivity (Wildman–Crippen MR) is 108 cm³/mol. The summed E-state index contributed by atoms with van der Waals surface area (Å²) >= 11 is 0. The van der Waals surface area contributed by atoms with Crippen molar-refractivity contribution in [1.29, 1.82) is 0 Å². The first-order valence-electron chi connectivity index (χ1n) is 9.36. The van der Waals surface area contributed by atoms with Gasteiger partial charge < -0.3 is 20.2 Å². The minimum absolute atomic E-state index is 0.0839. The van der Waals surface area contributed by atoms with Crippen molar-refractivity contribution >= 4 is 23.3 Å². The fraction of sp³-hybridized carbons (Fsp3) is 0.182. The van der Waals surface area contributed by atoms with Gasteiger partial charge in [-0.2, -0.15) is 0 Å². The number of nitrogens with one attached hydrogen (secondary N) is 2. The van der Waals surface area contributed by atoms with Crippen molar-refractivity contribution in [2.75, 3.05) is 10.2 Å². The van der Waals surface area contributed by atoms with Crippen LogP contribution in [0.1, 0.15) is 23.8 Å². The van der Waals surface area contributed by atoms with Gasteiger partial charge in [-0.3, -0.25) is 9.69 Å². The van der Waals surface area contributed by atoms with E-state index >= 15 is 0 Å². The molecule has 1 atom stereocenters. The van der Waals surface area contributed by atoms with Crippen LogP contribution in [-0.2, 0) is 23.5 Å². The number of anilines is 2. The van der Waals surface area contributed by atoms with E-state index in [2.05, 4.69) is 10.6 Å². The van der Waals surface area contributed by atoms with Gasteiger partial charge in [-0.1, -0.05) is 37.3 Å². The molecule has 0 fully saturated rings. The number of hydrogen-bond donors (Lipinski definition) is 3. The molecule has 2 heterocycles. The molecule has 1 aromatic heterocycles. The number of furan rings is 1. The molecule has 2 aromatic carbocycles. The summed E-state index contributed by atoms with van der Waals surface area (Å²) in [6.45, 7) is 2.11. The van der Waals surface area contributed by atoms with Crippen molar-refractivity contribution in [1.82, 2.24) is 5.32 Å². The first-order chi connectivity index (χ1) is 14.0. The van der Waals surface area contributed by atoms with Crippen LogP contribution in [0.3, 0.4) is 0 Å². The molecule has 1 unspecified atom stereocenters. The third kappa shape index (κ3) is 3.25. The quantitative estimate of drug-likeness (QED) is 0.622. The molecule has 3 amide bonds. The number of benzene rings is 2.